The molecule has 0 saturated carbocycles. The summed E-state index contributed by atoms with van der Waals surface area (Å²) >= 11 is 0. The Labute approximate surface area is 108 Å². The molecule has 1 aliphatic rings. The number of rotatable bonds is 3. The fraction of sp³-hybridized carbons (Fsp3) is 0.533. The Morgan fingerprint density at radius 3 is 2.50 bits per heavy atom. The molecule has 0 aromatic heterocycles. The summed E-state index contributed by atoms with van der Waals surface area (Å²) in [5.74, 6) is -0.919. The number of benzene rings is 1. The van der Waals surface area contributed by atoms with Crippen LogP contribution in [-0.4, -0.2) is 28.1 Å². The van der Waals surface area contributed by atoms with Crippen LogP contribution in [0.2, 0.25) is 0 Å². The summed E-state index contributed by atoms with van der Waals surface area (Å²) in [6.45, 7) is 7.06. The minimum atomic E-state index is -0.675. The Balaban J connectivity index is 2.20. The van der Waals surface area contributed by atoms with Crippen LogP contribution in [0.3, 0.4) is 0 Å². The lowest BCUT2D eigenvalue weighted by Crippen LogP contribution is -2.39. The summed E-state index contributed by atoms with van der Waals surface area (Å²) in [4.78, 5) is 13.5. The molecule has 0 amide bonds. The zero-order valence-electron chi connectivity index (χ0n) is 11.3. The first-order valence-electron chi connectivity index (χ1n) is 6.46. The standard InChI is InChI=1S/C15H21NO2/c1-11(12-7-5-4-6-8-12)16-10-13(14(17)18)9-15(16,2)3/h4-8,11,13H,9-10H2,1-3H3,(H,17,18). The molecule has 0 bridgehead atoms. The molecule has 1 aromatic carbocycles. The van der Waals surface area contributed by atoms with E-state index >= 15 is 0 Å². The highest BCUT2D eigenvalue weighted by Crippen LogP contribution is 2.39. The number of carboxylic acids is 1. The van der Waals surface area contributed by atoms with Crippen LogP contribution in [0.5, 0.6) is 0 Å². The maximum Gasteiger partial charge on any atom is 0.307 e. The number of hydrogen-bond acceptors (Lipinski definition) is 2. The predicted molar refractivity (Wildman–Crippen MR) is 71.4 cm³/mol. The minimum Gasteiger partial charge on any atom is -0.481 e. The van der Waals surface area contributed by atoms with E-state index in [1.165, 1.54) is 5.56 Å². The van der Waals surface area contributed by atoms with E-state index < -0.39 is 5.97 Å². The molecule has 1 aromatic rings. The molecular weight excluding hydrogens is 226 g/mol. The normalized spacial score (nSPS) is 24.9. The van der Waals surface area contributed by atoms with Crippen molar-refractivity contribution >= 4 is 5.97 Å². The highest BCUT2D eigenvalue weighted by molar-refractivity contribution is 5.71. The van der Waals surface area contributed by atoms with Gasteiger partial charge in [-0.3, -0.25) is 9.69 Å². The van der Waals surface area contributed by atoms with Gasteiger partial charge in [0.05, 0.1) is 5.92 Å². The Morgan fingerprint density at radius 2 is 2.00 bits per heavy atom. The summed E-state index contributed by atoms with van der Waals surface area (Å²) in [6, 6.07) is 10.5. The van der Waals surface area contributed by atoms with Crippen LogP contribution in [0.4, 0.5) is 0 Å². The summed E-state index contributed by atoms with van der Waals surface area (Å²) in [6.07, 6.45) is 0.722. The second kappa shape index (κ2) is 4.73. The molecule has 1 saturated heterocycles. The third-order valence-electron chi connectivity index (χ3n) is 4.04. The first-order chi connectivity index (χ1) is 8.42. The van der Waals surface area contributed by atoms with Crippen LogP contribution in [0, 0.1) is 5.92 Å². The maximum atomic E-state index is 11.2. The van der Waals surface area contributed by atoms with Crippen molar-refractivity contribution in [3.63, 3.8) is 0 Å². The fourth-order valence-corrected chi connectivity index (χ4v) is 3.03. The monoisotopic (exact) mass is 247 g/mol. The molecule has 0 spiro atoms. The van der Waals surface area contributed by atoms with Gasteiger partial charge in [0, 0.05) is 18.1 Å². The molecule has 2 unspecified atom stereocenters. The van der Waals surface area contributed by atoms with Crippen molar-refractivity contribution in [3.8, 4) is 0 Å². The van der Waals surface area contributed by atoms with Gasteiger partial charge in [-0.2, -0.15) is 0 Å². The highest BCUT2D eigenvalue weighted by Gasteiger charge is 2.43. The molecule has 2 rings (SSSR count). The van der Waals surface area contributed by atoms with Crippen molar-refractivity contribution in [2.45, 2.75) is 38.8 Å². The van der Waals surface area contributed by atoms with Crippen molar-refractivity contribution < 1.29 is 9.90 Å². The first kappa shape index (κ1) is 13.1. The third kappa shape index (κ3) is 2.41. The zero-order chi connectivity index (χ0) is 13.3. The second-order valence-corrected chi connectivity index (χ2v) is 5.79. The average molecular weight is 247 g/mol. The van der Waals surface area contributed by atoms with E-state index in [-0.39, 0.29) is 17.5 Å². The number of aliphatic carboxylic acids is 1. The fourth-order valence-electron chi connectivity index (χ4n) is 3.03. The van der Waals surface area contributed by atoms with Crippen LogP contribution in [-0.2, 0) is 4.79 Å². The van der Waals surface area contributed by atoms with Gasteiger partial charge in [-0.05, 0) is 32.8 Å². The van der Waals surface area contributed by atoms with Gasteiger partial charge >= 0.3 is 5.97 Å². The average Bonchev–Trinajstić information content (AvgIpc) is 2.65. The largest absolute Gasteiger partial charge is 0.481 e. The first-order valence-corrected chi connectivity index (χ1v) is 6.46. The molecule has 0 aliphatic carbocycles. The number of hydrogen-bond donors (Lipinski definition) is 1. The van der Waals surface area contributed by atoms with Crippen LogP contribution in [0.15, 0.2) is 30.3 Å². The number of likely N-dealkylation sites (tertiary alicyclic amines) is 1. The Hall–Kier alpha value is -1.35. The van der Waals surface area contributed by atoms with E-state index in [9.17, 15) is 9.90 Å². The van der Waals surface area contributed by atoms with Gasteiger partial charge < -0.3 is 5.11 Å². The van der Waals surface area contributed by atoms with Crippen molar-refractivity contribution in [2.75, 3.05) is 6.54 Å². The number of carboxylic acid groups (broad SMARTS) is 1. The highest BCUT2D eigenvalue weighted by atomic mass is 16.4. The Kier molecular flexibility index (Phi) is 3.44. The van der Waals surface area contributed by atoms with E-state index in [2.05, 4.69) is 37.8 Å². The van der Waals surface area contributed by atoms with Crippen molar-refractivity contribution in [1.29, 1.82) is 0 Å². The molecule has 3 heteroatoms. The summed E-state index contributed by atoms with van der Waals surface area (Å²) in [5.41, 5.74) is 1.19. The topological polar surface area (TPSA) is 40.5 Å². The van der Waals surface area contributed by atoms with E-state index in [0.29, 0.717) is 6.54 Å². The molecule has 0 radical (unpaired) electrons. The van der Waals surface area contributed by atoms with E-state index in [1.54, 1.807) is 0 Å². The lowest BCUT2D eigenvalue weighted by molar-refractivity contribution is -0.141. The Bertz CT molecular complexity index is 427. The Morgan fingerprint density at radius 1 is 1.39 bits per heavy atom. The van der Waals surface area contributed by atoms with Crippen LogP contribution < -0.4 is 0 Å². The molecule has 98 valence electrons. The van der Waals surface area contributed by atoms with E-state index in [1.807, 2.05) is 18.2 Å². The smallest absolute Gasteiger partial charge is 0.307 e. The van der Waals surface area contributed by atoms with Gasteiger partial charge in [-0.25, -0.2) is 0 Å². The quantitative estimate of drug-likeness (QED) is 0.892. The SMILES string of the molecule is CC(c1ccccc1)N1CC(C(=O)O)CC1(C)C. The number of carbonyl (C=O) groups is 1. The molecule has 18 heavy (non-hydrogen) atoms. The van der Waals surface area contributed by atoms with Gasteiger partial charge in [-0.15, -0.1) is 0 Å². The zero-order valence-corrected chi connectivity index (χ0v) is 11.3. The summed E-state index contributed by atoms with van der Waals surface area (Å²) < 4.78 is 0. The second-order valence-electron chi connectivity index (χ2n) is 5.79. The molecule has 1 fully saturated rings. The van der Waals surface area contributed by atoms with Crippen LogP contribution >= 0.6 is 0 Å². The van der Waals surface area contributed by atoms with Gasteiger partial charge in [0.1, 0.15) is 0 Å². The van der Waals surface area contributed by atoms with E-state index in [0.717, 1.165) is 6.42 Å². The minimum absolute atomic E-state index is 0.0572. The van der Waals surface area contributed by atoms with Gasteiger partial charge in [-0.1, -0.05) is 30.3 Å². The van der Waals surface area contributed by atoms with Gasteiger partial charge in [0.25, 0.3) is 0 Å². The lowest BCUT2D eigenvalue weighted by atomic mass is 9.95. The maximum absolute atomic E-state index is 11.2. The third-order valence-corrected chi connectivity index (χ3v) is 4.04. The molecule has 1 N–H and O–H groups in total. The van der Waals surface area contributed by atoms with E-state index in [4.69, 9.17) is 0 Å². The van der Waals surface area contributed by atoms with Gasteiger partial charge in [0.2, 0.25) is 0 Å². The number of nitrogens with zero attached hydrogens (tertiary/aromatic N) is 1. The predicted octanol–water partition coefficient (Wildman–Crippen LogP) is 2.93. The molecule has 3 nitrogen and oxygen atoms in total. The van der Waals surface area contributed by atoms with Crippen molar-refractivity contribution in [1.82, 2.24) is 4.90 Å². The molecule has 2 atom stereocenters. The van der Waals surface area contributed by atoms with Crippen LogP contribution in [0.25, 0.3) is 0 Å². The molecule has 1 heterocycles. The van der Waals surface area contributed by atoms with Gasteiger partial charge in [0.15, 0.2) is 0 Å². The molecular formula is C15H21NO2. The lowest BCUT2D eigenvalue weighted by Gasteiger charge is -2.36. The summed E-state index contributed by atoms with van der Waals surface area (Å²) in [5, 5.41) is 9.19. The van der Waals surface area contributed by atoms with Crippen molar-refractivity contribution in [2.24, 2.45) is 5.92 Å². The molecule has 1 aliphatic heterocycles. The summed E-state index contributed by atoms with van der Waals surface area (Å²) in [7, 11) is 0. The van der Waals surface area contributed by atoms with Crippen molar-refractivity contribution in [3.05, 3.63) is 35.9 Å². The van der Waals surface area contributed by atoms with Crippen LogP contribution in [0.1, 0.15) is 38.8 Å².